The molecule has 2 fully saturated rings. The molecule has 18 heavy (non-hydrogen) atoms. The summed E-state index contributed by atoms with van der Waals surface area (Å²) in [6.07, 6.45) is 6.91. The third kappa shape index (κ3) is 3.23. The minimum absolute atomic E-state index is 0.254. The summed E-state index contributed by atoms with van der Waals surface area (Å²) in [5.41, 5.74) is -0.851. The van der Waals surface area contributed by atoms with Crippen molar-refractivity contribution >= 4 is 5.97 Å². The van der Waals surface area contributed by atoms with Crippen molar-refractivity contribution in [2.75, 3.05) is 13.2 Å². The molecule has 0 radical (unpaired) electrons. The molecule has 4 nitrogen and oxygen atoms in total. The molecule has 1 heterocycles. The van der Waals surface area contributed by atoms with Gasteiger partial charge in [0.25, 0.3) is 0 Å². The average Bonchev–Trinajstić information content (AvgIpc) is 2.82. The van der Waals surface area contributed by atoms with Crippen molar-refractivity contribution in [3.63, 3.8) is 0 Å². The number of aliphatic hydroxyl groups excluding tert-OH is 1. The summed E-state index contributed by atoms with van der Waals surface area (Å²) in [5.74, 6) is -0.219. The van der Waals surface area contributed by atoms with Gasteiger partial charge in [-0.2, -0.15) is 0 Å². The molecule has 2 unspecified atom stereocenters. The van der Waals surface area contributed by atoms with E-state index >= 15 is 0 Å². The van der Waals surface area contributed by atoms with Gasteiger partial charge in [-0.3, -0.25) is 4.79 Å². The van der Waals surface area contributed by atoms with Crippen molar-refractivity contribution in [2.45, 2.75) is 57.5 Å². The molecule has 2 aliphatic rings. The average molecular weight is 256 g/mol. The van der Waals surface area contributed by atoms with E-state index in [2.05, 4.69) is 0 Å². The van der Waals surface area contributed by atoms with Crippen molar-refractivity contribution in [3.8, 4) is 0 Å². The Morgan fingerprint density at radius 1 is 1.33 bits per heavy atom. The predicted molar refractivity (Wildman–Crippen MR) is 67.3 cm³/mol. The maximum atomic E-state index is 11.5. The molecule has 104 valence electrons. The lowest BCUT2D eigenvalue weighted by atomic mass is 9.76. The van der Waals surface area contributed by atoms with Crippen LogP contribution < -0.4 is 0 Å². The van der Waals surface area contributed by atoms with E-state index in [9.17, 15) is 15.0 Å². The summed E-state index contributed by atoms with van der Waals surface area (Å²) in [5, 5.41) is 19.6. The quantitative estimate of drug-likeness (QED) is 0.791. The van der Waals surface area contributed by atoms with E-state index in [0.29, 0.717) is 25.4 Å². The van der Waals surface area contributed by atoms with Gasteiger partial charge in [-0.25, -0.2) is 0 Å². The first-order valence-electron chi connectivity index (χ1n) is 7.12. The Hall–Kier alpha value is -0.610. The molecule has 2 atom stereocenters. The number of carbonyl (C=O) groups is 1. The molecule has 0 aromatic rings. The Labute approximate surface area is 108 Å². The third-order valence-electron chi connectivity index (χ3n) is 4.48. The Balaban J connectivity index is 1.89. The highest BCUT2D eigenvalue weighted by Crippen LogP contribution is 2.37. The molecule has 1 aliphatic heterocycles. The Morgan fingerprint density at radius 3 is 2.61 bits per heavy atom. The standard InChI is InChI=1S/C14H24O4/c15-12(8-11-4-1-2-5-11)9-14(13(16)17)6-3-7-18-10-14/h11-12,15H,1-10H2,(H,16,17). The largest absolute Gasteiger partial charge is 0.481 e. The Kier molecular flexibility index (Phi) is 4.62. The zero-order chi connectivity index (χ0) is 13.0. The zero-order valence-electron chi connectivity index (χ0n) is 10.9. The molecular formula is C14H24O4. The number of aliphatic hydroxyl groups is 1. The summed E-state index contributed by atoms with van der Waals surface area (Å²) < 4.78 is 5.33. The van der Waals surface area contributed by atoms with Crippen LogP contribution in [0.2, 0.25) is 0 Å². The van der Waals surface area contributed by atoms with Gasteiger partial charge < -0.3 is 14.9 Å². The van der Waals surface area contributed by atoms with Crippen LogP contribution in [0.5, 0.6) is 0 Å². The molecule has 4 heteroatoms. The minimum atomic E-state index is -0.851. The van der Waals surface area contributed by atoms with Crippen molar-refractivity contribution in [3.05, 3.63) is 0 Å². The molecule has 0 aromatic heterocycles. The molecule has 1 saturated heterocycles. The van der Waals surface area contributed by atoms with Crippen LogP contribution in [0.3, 0.4) is 0 Å². The zero-order valence-corrected chi connectivity index (χ0v) is 10.9. The first-order valence-corrected chi connectivity index (χ1v) is 7.12. The van der Waals surface area contributed by atoms with Crippen LogP contribution in [-0.2, 0) is 9.53 Å². The number of ether oxygens (including phenoxy) is 1. The van der Waals surface area contributed by atoms with Gasteiger partial charge in [0, 0.05) is 6.61 Å². The van der Waals surface area contributed by atoms with Crippen LogP contribution in [-0.4, -0.2) is 35.5 Å². The molecule has 0 bridgehead atoms. The number of aliphatic carboxylic acids is 1. The lowest BCUT2D eigenvalue weighted by molar-refractivity contribution is -0.160. The van der Waals surface area contributed by atoms with Crippen molar-refractivity contribution in [1.29, 1.82) is 0 Å². The van der Waals surface area contributed by atoms with Gasteiger partial charge in [0.05, 0.1) is 18.1 Å². The van der Waals surface area contributed by atoms with Gasteiger partial charge in [-0.05, 0) is 31.6 Å². The van der Waals surface area contributed by atoms with Crippen LogP contribution in [0.4, 0.5) is 0 Å². The topological polar surface area (TPSA) is 66.8 Å². The molecule has 2 N–H and O–H groups in total. The summed E-state index contributed by atoms with van der Waals surface area (Å²) in [6, 6.07) is 0. The maximum Gasteiger partial charge on any atom is 0.312 e. The van der Waals surface area contributed by atoms with E-state index in [1.54, 1.807) is 0 Å². The lowest BCUT2D eigenvalue weighted by Crippen LogP contribution is -2.42. The van der Waals surface area contributed by atoms with E-state index in [4.69, 9.17) is 4.74 Å². The SMILES string of the molecule is O=C(O)C1(CC(O)CC2CCCC2)CCCOC1. The van der Waals surface area contributed by atoms with Crippen LogP contribution in [0.25, 0.3) is 0 Å². The second-order valence-electron chi connectivity index (χ2n) is 5.99. The fraction of sp³-hybridized carbons (Fsp3) is 0.929. The van der Waals surface area contributed by atoms with Crippen molar-refractivity contribution < 1.29 is 19.7 Å². The van der Waals surface area contributed by atoms with Gasteiger partial charge in [0.15, 0.2) is 0 Å². The van der Waals surface area contributed by atoms with E-state index in [1.807, 2.05) is 0 Å². The van der Waals surface area contributed by atoms with E-state index in [-0.39, 0.29) is 6.61 Å². The lowest BCUT2D eigenvalue weighted by Gasteiger charge is -2.35. The second-order valence-corrected chi connectivity index (χ2v) is 5.99. The number of carboxylic acid groups (broad SMARTS) is 1. The number of hydrogen-bond acceptors (Lipinski definition) is 3. The van der Waals surface area contributed by atoms with E-state index < -0.39 is 17.5 Å². The maximum absolute atomic E-state index is 11.5. The van der Waals surface area contributed by atoms with Crippen molar-refractivity contribution in [2.24, 2.45) is 11.3 Å². The third-order valence-corrected chi connectivity index (χ3v) is 4.48. The summed E-state index contributed by atoms with van der Waals surface area (Å²) in [7, 11) is 0. The predicted octanol–water partition coefficient (Wildman–Crippen LogP) is 2.20. The van der Waals surface area contributed by atoms with Gasteiger partial charge in [-0.1, -0.05) is 25.7 Å². The van der Waals surface area contributed by atoms with Crippen LogP contribution in [0.1, 0.15) is 51.4 Å². The first kappa shape index (κ1) is 13.8. The van der Waals surface area contributed by atoms with Crippen LogP contribution in [0, 0.1) is 11.3 Å². The van der Waals surface area contributed by atoms with Gasteiger partial charge in [0.1, 0.15) is 0 Å². The monoisotopic (exact) mass is 256 g/mol. The number of rotatable bonds is 5. The molecule has 2 rings (SSSR count). The Morgan fingerprint density at radius 2 is 2.06 bits per heavy atom. The molecule has 0 amide bonds. The van der Waals surface area contributed by atoms with E-state index in [0.717, 1.165) is 12.8 Å². The fourth-order valence-corrected chi connectivity index (χ4v) is 3.43. The van der Waals surface area contributed by atoms with Gasteiger partial charge in [0.2, 0.25) is 0 Å². The second kappa shape index (κ2) is 6.02. The van der Waals surface area contributed by atoms with Crippen molar-refractivity contribution in [1.82, 2.24) is 0 Å². The van der Waals surface area contributed by atoms with E-state index in [1.165, 1.54) is 25.7 Å². The highest BCUT2D eigenvalue weighted by atomic mass is 16.5. The van der Waals surface area contributed by atoms with Crippen LogP contribution in [0.15, 0.2) is 0 Å². The normalized spacial score (nSPS) is 31.4. The molecule has 0 spiro atoms. The molecule has 1 aliphatic carbocycles. The number of hydrogen-bond donors (Lipinski definition) is 2. The minimum Gasteiger partial charge on any atom is -0.481 e. The van der Waals surface area contributed by atoms with Crippen LogP contribution >= 0.6 is 0 Å². The summed E-state index contributed by atoms with van der Waals surface area (Å²) >= 11 is 0. The molecule has 1 saturated carbocycles. The highest BCUT2D eigenvalue weighted by molar-refractivity contribution is 5.75. The van der Waals surface area contributed by atoms with Gasteiger partial charge in [-0.15, -0.1) is 0 Å². The smallest absolute Gasteiger partial charge is 0.312 e. The highest BCUT2D eigenvalue weighted by Gasteiger charge is 2.42. The Bertz CT molecular complexity index is 278. The molecular weight excluding hydrogens is 232 g/mol. The fourth-order valence-electron chi connectivity index (χ4n) is 3.43. The van der Waals surface area contributed by atoms with Gasteiger partial charge >= 0.3 is 5.97 Å². The molecule has 0 aromatic carbocycles. The summed E-state index contributed by atoms with van der Waals surface area (Å²) in [6.45, 7) is 0.901. The number of carboxylic acids is 1. The summed E-state index contributed by atoms with van der Waals surface area (Å²) in [4.78, 5) is 11.5. The first-order chi connectivity index (χ1) is 8.62.